The molecule has 0 spiro atoms. The molecule has 24 nitrogen and oxygen atoms in total. The number of hydrogen-bond donors (Lipinski definition) is 2. The number of carbonyl (C=O) groups excluding carboxylic acids is 8. The van der Waals surface area contributed by atoms with Crippen molar-refractivity contribution >= 4 is 112 Å². The van der Waals surface area contributed by atoms with Gasteiger partial charge >= 0.3 is 11.9 Å². The van der Waals surface area contributed by atoms with E-state index in [4.69, 9.17) is 51.6 Å². The number of nitrogens with one attached hydrogen (secondary N) is 2. The zero-order valence-corrected chi connectivity index (χ0v) is 74.5. The number of Topliss-reactive ketones (excluding diaryl/α,β-unsaturated/α-hetero) is 2. The van der Waals surface area contributed by atoms with Gasteiger partial charge in [-0.15, -0.1) is 0 Å². The fourth-order valence-corrected chi connectivity index (χ4v) is 20.0. The van der Waals surface area contributed by atoms with Crippen LogP contribution in [0.5, 0.6) is 23.5 Å². The predicted molar refractivity (Wildman–Crippen MR) is 444 cm³/mol. The number of alkyl halides is 4. The monoisotopic (exact) mass is 1750 g/mol. The maximum absolute atomic E-state index is 15.0. The Kier molecular flexibility index (Phi) is 27.2. The molecule has 2 aromatic carbocycles. The van der Waals surface area contributed by atoms with E-state index in [1.807, 2.05) is 79.7 Å². The predicted octanol–water partition coefficient (Wildman–Crippen LogP) is 16.0. The van der Waals surface area contributed by atoms with E-state index in [1.54, 1.807) is 62.4 Å². The first kappa shape index (κ1) is 93.0. The van der Waals surface area contributed by atoms with Crippen LogP contribution in [-0.2, 0) is 67.9 Å². The van der Waals surface area contributed by atoms with Crippen LogP contribution in [0.2, 0.25) is 10.0 Å². The van der Waals surface area contributed by atoms with Gasteiger partial charge in [0.1, 0.15) is 12.2 Å². The fraction of sp³-hybridized carbons (Fsp3) is 0.659. The average Bonchev–Trinajstić information content (AvgIpc) is 1.57. The smallest absolute Gasteiger partial charge is 0.307 e. The first-order valence-corrected chi connectivity index (χ1v) is 45.6. The van der Waals surface area contributed by atoms with Crippen LogP contribution >= 0.6 is 23.2 Å². The number of pyridine rings is 2. The second kappa shape index (κ2) is 35.1. The molecule has 12 rings (SSSR count). The minimum Gasteiger partial charge on any atom is -0.475 e. The molecule has 2 saturated heterocycles. The van der Waals surface area contributed by atoms with Gasteiger partial charge in [0.2, 0.25) is 67.2 Å². The number of carbonyl (C=O) groups is 8. The number of allylic oxidation sites excluding steroid dienone is 4. The molecule has 4 amide bonds. The van der Waals surface area contributed by atoms with Gasteiger partial charge in [-0.25, -0.2) is 34.4 Å². The number of esters is 2. The summed E-state index contributed by atoms with van der Waals surface area (Å²) in [7, 11) is -8.05. The minimum atomic E-state index is -4.02. The van der Waals surface area contributed by atoms with Crippen LogP contribution in [0.15, 0.2) is 72.8 Å². The van der Waals surface area contributed by atoms with Gasteiger partial charge < -0.3 is 38.2 Å². The summed E-state index contributed by atoms with van der Waals surface area (Å²) in [5, 5.41) is 3.19. The summed E-state index contributed by atoms with van der Waals surface area (Å²) >= 11 is 13.2. The number of amides is 4. The molecule has 6 heterocycles. The lowest BCUT2D eigenvalue weighted by molar-refractivity contribution is -0.197. The number of rotatable bonds is 22. The molecule has 8 aliphatic rings. The van der Waals surface area contributed by atoms with Crippen molar-refractivity contribution in [1.82, 2.24) is 29.2 Å². The van der Waals surface area contributed by atoms with Gasteiger partial charge in [-0.2, -0.15) is 9.97 Å². The van der Waals surface area contributed by atoms with Gasteiger partial charge in [0.05, 0.1) is 82.4 Å². The molecule has 4 aromatic rings. The fourth-order valence-electron chi connectivity index (χ4n) is 16.8. The molecule has 0 bridgehead atoms. The molecule has 120 heavy (non-hydrogen) atoms. The van der Waals surface area contributed by atoms with Crippen LogP contribution in [0.25, 0.3) is 21.5 Å². The van der Waals surface area contributed by atoms with Gasteiger partial charge in [-0.1, -0.05) is 87.3 Å². The van der Waals surface area contributed by atoms with E-state index < -0.39 is 183 Å². The van der Waals surface area contributed by atoms with E-state index in [0.29, 0.717) is 110 Å². The Balaban J connectivity index is 0.000000235. The van der Waals surface area contributed by atoms with Crippen LogP contribution in [0.3, 0.4) is 0 Å². The first-order valence-electron chi connectivity index (χ1n) is 41.9. The Morgan fingerprint density at radius 1 is 0.550 bits per heavy atom. The summed E-state index contributed by atoms with van der Waals surface area (Å²) in [6, 6.07) is 11.6. The Morgan fingerprint density at radius 2 is 0.900 bits per heavy atom. The summed E-state index contributed by atoms with van der Waals surface area (Å²) in [5.74, 6) is -15.2. The second-order valence-corrected chi connectivity index (χ2v) is 42.7. The van der Waals surface area contributed by atoms with E-state index in [2.05, 4.69) is 19.4 Å². The number of benzene rings is 2. The molecule has 4 aliphatic carbocycles. The summed E-state index contributed by atoms with van der Waals surface area (Å²) in [5.41, 5.74) is -7.05. The van der Waals surface area contributed by atoms with Crippen LogP contribution in [0.4, 0.5) is 17.6 Å². The maximum atomic E-state index is 15.0. The lowest BCUT2D eigenvalue weighted by Crippen LogP contribution is -2.49. The molecule has 660 valence electrons. The summed E-state index contributed by atoms with van der Waals surface area (Å²) in [6.07, 6.45) is 9.58. The number of aromatic nitrogens is 2. The highest BCUT2D eigenvalue weighted by molar-refractivity contribution is 7.92. The summed E-state index contributed by atoms with van der Waals surface area (Å²) in [4.78, 5) is 127. The molecular formula is C88H116Cl2F4N6O18S2. The van der Waals surface area contributed by atoms with Crippen molar-refractivity contribution in [2.45, 2.75) is 295 Å². The van der Waals surface area contributed by atoms with Crippen molar-refractivity contribution in [3.8, 4) is 23.5 Å². The summed E-state index contributed by atoms with van der Waals surface area (Å²) < 4.78 is 149. The number of ether oxygens (including phenoxy) is 6. The van der Waals surface area contributed by atoms with Gasteiger partial charge in [0, 0.05) is 83.3 Å². The number of hydrogen-bond acceptors (Lipinski definition) is 20. The quantitative estimate of drug-likeness (QED) is 0.0419. The molecule has 32 heteroatoms. The molecule has 2 aromatic heterocycles. The number of ketones is 2. The average molecular weight is 1760 g/mol. The van der Waals surface area contributed by atoms with Crippen molar-refractivity contribution < 1.29 is 101 Å². The molecule has 2 N–H and O–H groups in total. The third kappa shape index (κ3) is 20.7. The molecular weight excluding hydrogens is 1640 g/mol. The highest BCUT2D eigenvalue weighted by atomic mass is 35.5. The third-order valence-electron chi connectivity index (χ3n) is 26.0. The Morgan fingerprint density at radius 3 is 1.23 bits per heavy atom. The normalized spacial score (nSPS) is 29.2. The lowest BCUT2D eigenvalue weighted by Gasteiger charge is -2.34. The van der Waals surface area contributed by atoms with E-state index >= 15 is 9.59 Å². The number of fused-ring (bicyclic) bond motifs is 6. The molecule has 0 unspecified atom stereocenters. The topological polar surface area (TPSA) is 317 Å². The zero-order chi connectivity index (χ0) is 88.3. The van der Waals surface area contributed by atoms with Gasteiger partial charge in [-0.05, 0) is 206 Å². The van der Waals surface area contributed by atoms with Crippen LogP contribution in [-0.4, -0.2) is 166 Å². The van der Waals surface area contributed by atoms with Crippen molar-refractivity contribution in [3.63, 3.8) is 0 Å². The molecule has 6 fully saturated rings. The van der Waals surface area contributed by atoms with E-state index in [0.717, 1.165) is 27.7 Å². The Hall–Kier alpha value is -7.70. The van der Waals surface area contributed by atoms with Crippen LogP contribution in [0, 0.1) is 58.2 Å². The second-order valence-electron chi connectivity index (χ2n) is 37.5. The van der Waals surface area contributed by atoms with E-state index in [9.17, 15) is 63.2 Å². The van der Waals surface area contributed by atoms with Crippen molar-refractivity contribution in [1.29, 1.82) is 0 Å². The lowest BCUT2D eigenvalue weighted by atomic mass is 9.82. The molecule has 4 saturated carbocycles. The van der Waals surface area contributed by atoms with Crippen LogP contribution in [0.1, 0.15) is 226 Å². The highest BCUT2D eigenvalue weighted by Crippen LogP contribution is 2.60. The number of halogens is 6. The van der Waals surface area contributed by atoms with Crippen LogP contribution < -0.4 is 28.4 Å². The van der Waals surface area contributed by atoms with Gasteiger partial charge in [-0.3, -0.25) is 47.8 Å². The SMILES string of the molecule is CC(C)Oc1cc2c(Cl)cccc2c(O[C@@H]2C[C@H]3C(=O)C[C@]4(C(=O)NS(=O)(=O)C5(C)CC5)C[C@H]4/C=C\CC[C@@H](C)C[C@@H](C)[C@H](CC(=O)OC(C)(C)C(C)(F)F)C(=O)N3C2)n1.CC(C)Oc1cc2c(Cl)cccc2c(O[C@@H]2C[C@H]3C(=O)C[C@]4(C(=O)NS(=O)(=O)C5(C)CC5)C[C@H]4/C=C\CC[C@H](C)C[C@@H](C)[C@H](CC(=O)OC(C)(C)C(C)(F)F)C(=O)N3C2)n1. The van der Waals surface area contributed by atoms with Crippen molar-refractivity contribution in [3.05, 3.63) is 82.9 Å². The Bertz CT molecular complexity index is 4610. The standard InChI is InChI=1S/2C44H58ClF2N3O9S/c2*1-25(2)57-36-20-32-30(14-11-15-33(32)45)38(48-36)58-29-19-34-35(51)23-44(40(54)49-60(55,56)42(7)16-17-42)22-28(44)13-10-9-12-26(3)18-27(4)31(39(53)50(34)24-29)21-37(52)59-41(5,6)43(8,46)47/h2*10-11,13-15,20,25-29,31,34H,9,12,16-19,21-24H2,1-8H3,(H,49,54)/b2*13-10-/t26-,27+,28+,29+,31-,34-,44+;26-,27-,28-,29-,31+,34+,44-/m01/s1. The third-order valence-corrected chi connectivity index (χ3v) is 31.0. The summed E-state index contributed by atoms with van der Waals surface area (Å²) in [6.45, 7) is 23.8. The first-order chi connectivity index (χ1) is 55.7. The van der Waals surface area contributed by atoms with Crippen molar-refractivity contribution in [2.24, 2.45) is 58.2 Å². The zero-order valence-electron chi connectivity index (χ0n) is 71.4. The maximum Gasteiger partial charge on any atom is 0.307 e. The highest BCUT2D eigenvalue weighted by Gasteiger charge is 2.65. The number of sulfonamides is 2. The van der Waals surface area contributed by atoms with E-state index in [-0.39, 0.29) is 99.2 Å². The Labute approximate surface area is 711 Å². The number of nitrogens with zero attached hydrogens (tertiary/aromatic N) is 4. The van der Waals surface area contributed by atoms with E-state index in [1.165, 1.54) is 9.80 Å². The molecule has 0 radical (unpaired) electrons. The largest absolute Gasteiger partial charge is 0.475 e. The van der Waals surface area contributed by atoms with Gasteiger partial charge in [0.15, 0.2) is 22.8 Å². The minimum absolute atomic E-state index is 0.0187. The molecule has 4 aliphatic heterocycles. The van der Waals surface area contributed by atoms with Gasteiger partial charge in [0.25, 0.3) is 11.8 Å². The molecule has 14 atom stereocenters. The van der Waals surface area contributed by atoms with Crippen molar-refractivity contribution in [2.75, 3.05) is 13.1 Å².